The molecule has 0 bridgehead atoms. The zero-order valence-corrected chi connectivity index (χ0v) is 18.7. The van der Waals surface area contributed by atoms with Crippen molar-refractivity contribution in [3.05, 3.63) is 0 Å². The minimum Gasteiger partial charge on any atom is -0.383 e. The van der Waals surface area contributed by atoms with Crippen molar-refractivity contribution < 1.29 is 9.53 Å². The Hall–Kier alpha value is -0.610. The first-order valence-electron chi connectivity index (χ1n) is 9.74. The lowest BCUT2D eigenvalue weighted by molar-refractivity contribution is -0.119. The quantitative estimate of drug-likeness (QED) is 0.236. The normalized spacial score (nSPS) is 21.4. The number of methoxy groups -OCH3 is 1. The van der Waals surface area contributed by atoms with Crippen molar-refractivity contribution in [2.75, 3.05) is 66.1 Å². The number of amides is 1. The molecule has 8 heteroatoms. The van der Waals surface area contributed by atoms with Crippen molar-refractivity contribution in [2.24, 2.45) is 10.9 Å². The lowest BCUT2D eigenvalue weighted by atomic mass is 10.1. The van der Waals surface area contributed by atoms with Crippen molar-refractivity contribution >= 4 is 35.8 Å². The van der Waals surface area contributed by atoms with Crippen molar-refractivity contribution in [1.29, 1.82) is 0 Å². The Morgan fingerprint density at radius 2 is 1.96 bits per heavy atom. The Bertz CT molecular complexity index is 430. The molecule has 2 rings (SSSR count). The van der Waals surface area contributed by atoms with E-state index in [4.69, 9.17) is 4.74 Å². The van der Waals surface area contributed by atoms with Gasteiger partial charge in [0.05, 0.1) is 6.61 Å². The Kier molecular flexibility index (Phi) is 12.2. The van der Waals surface area contributed by atoms with Gasteiger partial charge in [-0.1, -0.05) is 6.42 Å². The molecular formula is C18H36IN5O2. The van der Waals surface area contributed by atoms with Gasteiger partial charge in [-0.15, -0.1) is 24.0 Å². The van der Waals surface area contributed by atoms with Crippen LogP contribution in [0.2, 0.25) is 0 Å². The minimum atomic E-state index is -0.0588. The molecule has 152 valence electrons. The highest BCUT2D eigenvalue weighted by atomic mass is 127. The van der Waals surface area contributed by atoms with Gasteiger partial charge in [-0.05, 0) is 45.2 Å². The molecule has 1 atom stereocenters. The van der Waals surface area contributed by atoms with E-state index in [-0.39, 0.29) is 36.4 Å². The second-order valence-corrected chi connectivity index (χ2v) is 6.97. The fourth-order valence-corrected chi connectivity index (χ4v) is 3.60. The van der Waals surface area contributed by atoms with E-state index in [0.29, 0.717) is 19.1 Å². The van der Waals surface area contributed by atoms with Crippen LogP contribution in [0.25, 0.3) is 0 Å². The van der Waals surface area contributed by atoms with Gasteiger partial charge in [-0.3, -0.25) is 4.79 Å². The Morgan fingerprint density at radius 1 is 1.19 bits per heavy atom. The van der Waals surface area contributed by atoms with Crippen LogP contribution in [0.4, 0.5) is 0 Å². The van der Waals surface area contributed by atoms with Crippen LogP contribution in [0.3, 0.4) is 0 Å². The number of aliphatic imine (C=N–C) groups is 1. The van der Waals surface area contributed by atoms with E-state index in [1.165, 1.54) is 45.3 Å². The van der Waals surface area contributed by atoms with Crippen LogP contribution in [0.1, 0.15) is 32.6 Å². The molecule has 2 aliphatic rings. The van der Waals surface area contributed by atoms with Crippen LogP contribution in [0, 0.1) is 5.92 Å². The molecule has 1 amide bonds. The third kappa shape index (κ3) is 8.39. The summed E-state index contributed by atoms with van der Waals surface area (Å²) in [4.78, 5) is 21.3. The maximum atomic E-state index is 11.8. The maximum Gasteiger partial charge on any atom is 0.241 e. The summed E-state index contributed by atoms with van der Waals surface area (Å²) < 4.78 is 4.94. The lowest BCUT2D eigenvalue weighted by Gasteiger charge is -2.29. The van der Waals surface area contributed by atoms with Crippen molar-refractivity contribution in [3.63, 3.8) is 0 Å². The number of nitrogens with zero attached hydrogens (tertiary/aromatic N) is 3. The number of carbonyl (C=O) groups excluding carboxylic acids is 1. The molecule has 2 fully saturated rings. The summed E-state index contributed by atoms with van der Waals surface area (Å²) in [7, 11) is 1.63. The van der Waals surface area contributed by atoms with Crippen LogP contribution in [-0.2, 0) is 9.53 Å². The van der Waals surface area contributed by atoms with Gasteiger partial charge < -0.3 is 25.2 Å². The molecule has 7 nitrogen and oxygen atoms in total. The molecule has 0 spiro atoms. The van der Waals surface area contributed by atoms with E-state index in [0.717, 1.165) is 25.6 Å². The SMILES string of the molecule is CCNC(=NCC(=O)NCCOC)N1CCC(CN2CCCCC2)C1.I. The molecule has 0 aliphatic carbocycles. The maximum absolute atomic E-state index is 11.8. The lowest BCUT2D eigenvalue weighted by Crippen LogP contribution is -2.42. The van der Waals surface area contributed by atoms with Gasteiger partial charge in [-0.2, -0.15) is 0 Å². The number of hydrogen-bond acceptors (Lipinski definition) is 4. The molecule has 0 radical (unpaired) electrons. The van der Waals surface area contributed by atoms with Gasteiger partial charge in [0.15, 0.2) is 5.96 Å². The fourth-order valence-electron chi connectivity index (χ4n) is 3.60. The number of halogens is 1. The topological polar surface area (TPSA) is 69.2 Å². The molecule has 0 saturated carbocycles. The van der Waals surface area contributed by atoms with Crippen molar-refractivity contribution in [2.45, 2.75) is 32.6 Å². The van der Waals surface area contributed by atoms with Gasteiger partial charge in [0.1, 0.15) is 6.54 Å². The Labute approximate surface area is 175 Å². The molecule has 0 aromatic rings. The molecule has 0 aromatic carbocycles. The summed E-state index contributed by atoms with van der Waals surface area (Å²) in [6, 6.07) is 0. The first-order valence-corrected chi connectivity index (χ1v) is 9.74. The van der Waals surface area contributed by atoms with Crippen LogP contribution in [-0.4, -0.2) is 87.7 Å². The summed E-state index contributed by atoms with van der Waals surface area (Å²) >= 11 is 0. The largest absolute Gasteiger partial charge is 0.383 e. The third-order valence-electron chi connectivity index (χ3n) is 4.89. The summed E-state index contributed by atoms with van der Waals surface area (Å²) in [6.45, 7) is 9.88. The van der Waals surface area contributed by atoms with E-state index >= 15 is 0 Å². The van der Waals surface area contributed by atoms with Crippen LogP contribution >= 0.6 is 24.0 Å². The first-order chi connectivity index (χ1) is 12.2. The number of piperidine rings is 1. The summed E-state index contributed by atoms with van der Waals surface area (Å²) in [5.74, 6) is 1.51. The van der Waals surface area contributed by atoms with Gasteiger partial charge >= 0.3 is 0 Å². The average molecular weight is 481 g/mol. The number of hydrogen-bond donors (Lipinski definition) is 2. The summed E-state index contributed by atoms with van der Waals surface area (Å²) in [5.41, 5.74) is 0. The van der Waals surface area contributed by atoms with Gasteiger partial charge in [0.2, 0.25) is 5.91 Å². The molecule has 1 unspecified atom stereocenters. The molecule has 26 heavy (non-hydrogen) atoms. The molecule has 0 aromatic heterocycles. The average Bonchev–Trinajstić information content (AvgIpc) is 3.08. The molecule has 2 heterocycles. The predicted octanol–water partition coefficient (Wildman–Crippen LogP) is 1.14. The number of carbonyl (C=O) groups is 1. The molecule has 2 saturated heterocycles. The number of nitrogens with one attached hydrogen (secondary N) is 2. The Balaban J connectivity index is 0.00000338. The van der Waals surface area contributed by atoms with E-state index in [9.17, 15) is 4.79 Å². The number of guanidine groups is 1. The standard InChI is InChI=1S/C18H35N5O2.HI/c1-3-19-18(21-13-17(24)20-8-12-25-2)23-11-7-16(15-23)14-22-9-5-4-6-10-22;/h16H,3-15H2,1-2H3,(H,19,21)(H,20,24);1H. The highest BCUT2D eigenvalue weighted by molar-refractivity contribution is 14.0. The van der Waals surface area contributed by atoms with Crippen LogP contribution in [0.15, 0.2) is 4.99 Å². The minimum absolute atomic E-state index is 0. The van der Waals surface area contributed by atoms with Gasteiger partial charge in [-0.25, -0.2) is 4.99 Å². The third-order valence-corrected chi connectivity index (χ3v) is 4.89. The van der Waals surface area contributed by atoms with Crippen molar-refractivity contribution in [3.8, 4) is 0 Å². The Morgan fingerprint density at radius 3 is 2.65 bits per heavy atom. The first kappa shape index (κ1) is 23.4. The van der Waals surface area contributed by atoms with Gasteiger partial charge in [0, 0.05) is 39.8 Å². The van der Waals surface area contributed by atoms with Gasteiger partial charge in [0.25, 0.3) is 0 Å². The van der Waals surface area contributed by atoms with Crippen LogP contribution < -0.4 is 10.6 Å². The van der Waals surface area contributed by atoms with E-state index in [1.54, 1.807) is 7.11 Å². The second kappa shape index (κ2) is 13.5. The summed E-state index contributed by atoms with van der Waals surface area (Å²) in [5, 5.41) is 6.14. The second-order valence-electron chi connectivity index (χ2n) is 6.97. The summed E-state index contributed by atoms with van der Waals surface area (Å²) in [6.07, 6.45) is 5.29. The zero-order valence-electron chi connectivity index (χ0n) is 16.3. The number of rotatable bonds is 8. The predicted molar refractivity (Wildman–Crippen MR) is 116 cm³/mol. The molecule has 2 aliphatic heterocycles. The smallest absolute Gasteiger partial charge is 0.241 e. The van der Waals surface area contributed by atoms with E-state index in [1.807, 2.05) is 0 Å². The molecular weight excluding hydrogens is 445 g/mol. The zero-order chi connectivity index (χ0) is 17.9. The monoisotopic (exact) mass is 481 g/mol. The molecule has 2 N–H and O–H groups in total. The highest BCUT2D eigenvalue weighted by Gasteiger charge is 2.27. The van der Waals surface area contributed by atoms with E-state index in [2.05, 4.69) is 32.3 Å². The fraction of sp³-hybridized carbons (Fsp3) is 0.889. The number of ether oxygens (including phenoxy) is 1. The van der Waals surface area contributed by atoms with E-state index < -0.39 is 0 Å². The highest BCUT2D eigenvalue weighted by Crippen LogP contribution is 2.19. The van der Waals surface area contributed by atoms with Crippen molar-refractivity contribution in [1.82, 2.24) is 20.4 Å². The number of likely N-dealkylation sites (tertiary alicyclic amines) is 2. The van der Waals surface area contributed by atoms with Crippen LogP contribution in [0.5, 0.6) is 0 Å².